The van der Waals surface area contributed by atoms with Crippen LogP contribution < -0.4 is 0 Å². The molecule has 0 aliphatic heterocycles. The lowest BCUT2D eigenvalue weighted by Crippen LogP contribution is -2.15. The lowest BCUT2D eigenvalue weighted by Gasteiger charge is -2.21. The van der Waals surface area contributed by atoms with E-state index in [4.69, 9.17) is 0 Å². The summed E-state index contributed by atoms with van der Waals surface area (Å²) in [5, 5.41) is 9.55. The number of rotatable bonds is 1. The molecule has 64 valence electrons. The lowest BCUT2D eigenvalue weighted by atomic mass is 9.90. The van der Waals surface area contributed by atoms with Crippen LogP contribution in [0, 0.1) is 5.92 Å². The van der Waals surface area contributed by atoms with E-state index in [9.17, 15) is 5.11 Å². The Labute approximate surface area is 69.1 Å². The fraction of sp³-hybridized carbons (Fsp3) is 0.800. The first-order chi connectivity index (χ1) is 5.20. The van der Waals surface area contributed by atoms with Crippen molar-refractivity contribution < 1.29 is 5.11 Å². The van der Waals surface area contributed by atoms with E-state index >= 15 is 0 Å². The Kier molecular flexibility index (Phi) is 3.13. The first kappa shape index (κ1) is 8.79. The van der Waals surface area contributed by atoms with E-state index in [1.165, 1.54) is 18.4 Å². The quantitative estimate of drug-likeness (QED) is 0.575. The number of allylic oxidation sites excluding steroid dienone is 1. The Morgan fingerprint density at radius 1 is 1.45 bits per heavy atom. The van der Waals surface area contributed by atoms with Gasteiger partial charge in [-0.2, -0.15) is 0 Å². The Morgan fingerprint density at radius 2 is 2.18 bits per heavy atom. The van der Waals surface area contributed by atoms with E-state index in [2.05, 4.69) is 19.9 Å². The van der Waals surface area contributed by atoms with Crippen molar-refractivity contribution >= 4 is 0 Å². The highest BCUT2D eigenvalue weighted by molar-refractivity contribution is 5.10. The Bertz CT molecular complexity index is 147. The summed E-state index contributed by atoms with van der Waals surface area (Å²) in [5.74, 6) is 0.581. The first-order valence-electron chi connectivity index (χ1n) is 4.59. The largest absolute Gasteiger partial charge is 0.389 e. The maximum absolute atomic E-state index is 9.55. The van der Waals surface area contributed by atoms with Crippen molar-refractivity contribution in [1.29, 1.82) is 0 Å². The summed E-state index contributed by atoms with van der Waals surface area (Å²) < 4.78 is 0. The normalized spacial score (nSPS) is 29.8. The van der Waals surface area contributed by atoms with Gasteiger partial charge in [-0.15, -0.1) is 0 Å². The van der Waals surface area contributed by atoms with E-state index in [1.807, 2.05) is 0 Å². The predicted molar refractivity (Wildman–Crippen MR) is 47.4 cm³/mol. The molecule has 0 saturated heterocycles. The topological polar surface area (TPSA) is 20.2 Å². The molecule has 0 spiro atoms. The van der Waals surface area contributed by atoms with Gasteiger partial charge in [0.15, 0.2) is 0 Å². The molecule has 0 aromatic rings. The maximum Gasteiger partial charge on any atom is 0.0750 e. The minimum Gasteiger partial charge on any atom is -0.389 e. The van der Waals surface area contributed by atoms with Crippen LogP contribution in [0.2, 0.25) is 0 Å². The third kappa shape index (κ3) is 2.66. The summed E-state index contributed by atoms with van der Waals surface area (Å²) in [4.78, 5) is 0. The van der Waals surface area contributed by atoms with Gasteiger partial charge in [0.2, 0.25) is 0 Å². The smallest absolute Gasteiger partial charge is 0.0750 e. The van der Waals surface area contributed by atoms with Gasteiger partial charge in [-0.3, -0.25) is 0 Å². The molecule has 0 amide bonds. The van der Waals surface area contributed by atoms with Gasteiger partial charge in [-0.05, 0) is 30.8 Å². The SMILES string of the molecule is CC(C)/C=C1\CCCC[C@@H]1O. The maximum atomic E-state index is 9.55. The molecule has 1 rings (SSSR count). The average Bonchev–Trinajstić information content (AvgIpc) is 1.93. The van der Waals surface area contributed by atoms with Crippen molar-refractivity contribution in [3.63, 3.8) is 0 Å². The molecular formula is C10H18O. The highest BCUT2D eigenvalue weighted by atomic mass is 16.3. The van der Waals surface area contributed by atoms with Gasteiger partial charge in [-0.1, -0.05) is 26.3 Å². The van der Waals surface area contributed by atoms with Crippen LogP contribution in [0.1, 0.15) is 39.5 Å². The van der Waals surface area contributed by atoms with E-state index in [0.29, 0.717) is 5.92 Å². The van der Waals surface area contributed by atoms with Gasteiger partial charge in [0, 0.05) is 0 Å². The van der Waals surface area contributed by atoms with Gasteiger partial charge in [0.25, 0.3) is 0 Å². The first-order valence-corrected chi connectivity index (χ1v) is 4.59. The van der Waals surface area contributed by atoms with Crippen molar-refractivity contribution in [2.45, 2.75) is 45.6 Å². The molecule has 0 aromatic heterocycles. The van der Waals surface area contributed by atoms with Crippen molar-refractivity contribution in [3.05, 3.63) is 11.6 Å². The Balaban J connectivity index is 2.53. The van der Waals surface area contributed by atoms with Crippen LogP contribution in [0.5, 0.6) is 0 Å². The molecule has 1 atom stereocenters. The molecule has 1 aliphatic carbocycles. The molecule has 0 bridgehead atoms. The van der Waals surface area contributed by atoms with E-state index in [1.54, 1.807) is 0 Å². The second kappa shape index (κ2) is 3.91. The third-order valence-electron chi connectivity index (χ3n) is 2.17. The van der Waals surface area contributed by atoms with Crippen LogP contribution in [0.25, 0.3) is 0 Å². The van der Waals surface area contributed by atoms with E-state index < -0.39 is 0 Å². The second-order valence-electron chi connectivity index (χ2n) is 3.75. The molecule has 0 unspecified atom stereocenters. The van der Waals surface area contributed by atoms with Gasteiger partial charge in [0.05, 0.1) is 6.10 Å². The van der Waals surface area contributed by atoms with Crippen molar-refractivity contribution in [1.82, 2.24) is 0 Å². The van der Waals surface area contributed by atoms with Gasteiger partial charge in [0.1, 0.15) is 0 Å². The standard InChI is InChI=1S/C10H18O/c1-8(2)7-9-5-3-4-6-10(9)11/h7-8,10-11H,3-6H2,1-2H3/b9-7+/t10-/m0/s1. The van der Waals surface area contributed by atoms with Crippen molar-refractivity contribution in [2.24, 2.45) is 5.92 Å². The summed E-state index contributed by atoms with van der Waals surface area (Å²) in [6.45, 7) is 4.32. The molecule has 11 heavy (non-hydrogen) atoms. The molecule has 0 radical (unpaired) electrons. The fourth-order valence-electron chi connectivity index (χ4n) is 1.64. The third-order valence-corrected chi connectivity index (χ3v) is 2.17. The molecule has 1 heteroatoms. The lowest BCUT2D eigenvalue weighted by molar-refractivity contribution is 0.177. The second-order valence-corrected chi connectivity index (χ2v) is 3.75. The summed E-state index contributed by atoms with van der Waals surface area (Å²) in [6.07, 6.45) is 6.61. The number of hydrogen-bond donors (Lipinski definition) is 1. The monoisotopic (exact) mass is 154 g/mol. The summed E-state index contributed by atoms with van der Waals surface area (Å²) in [5.41, 5.74) is 1.27. The number of hydrogen-bond acceptors (Lipinski definition) is 1. The summed E-state index contributed by atoms with van der Waals surface area (Å²) in [7, 11) is 0. The summed E-state index contributed by atoms with van der Waals surface area (Å²) in [6, 6.07) is 0. The molecule has 0 heterocycles. The number of aliphatic hydroxyl groups excluding tert-OH is 1. The molecule has 1 saturated carbocycles. The van der Waals surface area contributed by atoms with Crippen LogP contribution in [0.3, 0.4) is 0 Å². The molecule has 1 fully saturated rings. The predicted octanol–water partition coefficient (Wildman–Crippen LogP) is 2.50. The Morgan fingerprint density at radius 3 is 2.73 bits per heavy atom. The highest BCUT2D eigenvalue weighted by Crippen LogP contribution is 2.24. The molecule has 1 N–H and O–H groups in total. The molecular weight excluding hydrogens is 136 g/mol. The summed E-state index contributed by atoms with van der Waals surface area (Å²) >= 11 is 0. The van der Waals surface area contributed by atoms with Gasteiger partial charge in [-0.25, -0.2) is 0 Å². The van der Waals surface area contributed by atoms with Crippen molar-refractivity contribution in [2.75, 3.05) is 0 Å². The van der Waals surface area contributed by atoms with E-state index in [0.717, 1.165) is 12.8 Å². The highest BCUT2D eigenvalue weighted by Gasteiger charge is 2.15. The number of aliphatic hydroxyl groups is 1. The average molecular weight is 154 g/mol. The fourth-order valence-corrected chi connectivity index (χ4v) is 1.64. The molecule has 0 aromatic carbocycles. The molecule has 1 nitrogen and oxygen atoms in total. The zero-order valence-electron chi connectivity index (χ0n) is 7.51. The minimum atomic E-state index is -0.133. The Hall–Kier alpha value is -0.300. The van der Waals surface area contributed by atoms with Crippen LogP contribution in [-0.2, 0) is 0 Å². The van der Waals surface area contributed by atoms with E-state index in [-0.39, 0.29) is 6.10 Å². The van der Waals surface area contributed by atoms with Gasteiger partial charge >= 0.3 is 0 Å². The van der Waals surface area contributed by atoms with Crippen molar-refractivity contribution in [3.8, 4) is 0 Å². The van der Waals surface area contributed by atoms with Crippen LogP contribution in [-0.4, -0.2) is 11.2 Å². The zero-order chi connectivity index (χ0) is 8.27. The van der Waals surface area contributed by atoms with Crippen LogP contribution in [0.4, 0.5) is 0 Å². The van der Waals surface area contributed by atoms with Gasteiger partial charge < -0.3 is 5.11 Å². The minimum absolute atomic E-state index is 0.133. The molecule has 1 aliphatic rings. The van der Waals surface area contributed by atoms with Crippen LogP contribution >= 0.6 is 0 Å². The van der Waals surface area contributed by atoms with Crippen LogP contribution in [0.15, 0.2) is 11.6 Å². The zero-order valence-corrected chi connectivity index (χ0v) is 7.51.